The highest BCUT2D eigenvalue weighted by Crippen LogP contribution is 2.53. The molecule has 274 valence electrons. The van der Waals surface area contributed by atoms with Gasteiger partial charge in [-0.1, -0.05) is 84.7 Å². The van der Waals surface area contributed by atoms with Gasteiger partial charge in [0.1, 0.15) is 12.2 Å². The Morgan fingerprint density at radius 3 is 1.70 bits per heavy atom. The lowest BCUT2D eigenvalue weighted by Crippen LogP contribution is -2.56. The van der Waals surface area contributed by atoms with E-state index in [9.17, 15) is 25.3 Å². The van der Waals surface area contributed by atoms with Crippen molar-refractivity contribution < 1.29 is 51.3 Å². The molecule has 19 heteroatoms. The van der Waals surface area contributed by atoms with Gasteiger partial charge in [0.2, 0.25) is 0 Å². The van der Waals surface area contributed by atoms with E-state index >= 15 is 0 Å². The fourth-order valence-electron chi connectivity index (χ4n) is 5.68. The van der Waals surface area contributed by atoms with Gasteiger partial charge in [-0.2, -0.15) is 0 Å². The highest BCUT2D eigenvalue weighted by Gasteiger charge is 2.50. The molecule has 0 aromatic heterocycles. The van der Waals surface area contributed by atoms with Gasteiger partial charge in [-0.05, 0) is 34.0 Å². The smallest absolute Gasteiger partial charge is 0.330 e. The zero-order chi connectivity index (χ0) is 36.3. The Kier molecular flexibility index (Phi) is 14.8. The number of hydrogen-bond donors (Lipinski definition) is 1. The molecule has 0 bridgehead atoms. The van der Waals surface area contributed by atoms with E-state index in [-0.39, 0.29) is 26.4 Å². The van der Waals surface area contributed by atoms with Gasteiger partial charge in [-0.3, -0.25) is 18.2 Å². The Balaban J connectivity index is 1.54. The summed E-state index contributed by atoms with van der Waals surface area (Å²) >= 11 is 0. The minimum absolute atomic E-state index is 0.0373. The molecule has 0 radical (unpaired) electrons. The van der Waals surface area contributed by atoms with Crippen LogP contribution < -0.4 is 0 Å². The summed E-state index contributed by atoms with van der Waals surface area (Å²) < 4.78 is 73.5. The number of ether oxygens (including phenoxy) is 4. The normalized spacial score (nSPS) is 32.1. The molecule has 0 saturated carbocycles. The summed E-state index contributed by atoms with van der Waals surface area (Å²) in [5, 5.41) is 18.6. The third kappa shape index (κ3) is 11.1. The molecule has 2 heterocycles. The standard InChI is InChI=1S/C31H44N6O11P2/c1-20-26(34-36-32)30(44-24(28(20)38)18-42-16-22-12-8-6-9-13-22)48-50(5,40)46-29-21(2)27(35-37-33)31(47-49(4,39)41-3)45-25(29)19-43-17-23-14-10-7-11-15-23/h6-15,20-21,24-31,38H,16-19H2,1-5H3/t20-,21-,24?,25?,26?,27?,28+,29+,30-,31-,49?,50?/m1/s1. The SMILES string of the molecule is COP(C)(=O)O[C@H]1OC(COCc2ccccc2)[C@@H](OP(C)(=O)O[C@H]2OC(COCc3ccccc3)[C@@H](O)[C@H](C)C2N=[N+]=[N-])[C@H](C)C1N=[N+]=[N-]. The lowest BCUT2D eigenvalue weighted by molar-refractivity contribution is -0.238. The molecule has 4 rings (SSSR count). The molecule has 2 aromatic carbocycles. The molecular formula is C31H44N6O11P2. The Labute approximate surface area is 290 Å². The lowest BCUT2D eigenvalue weighted by atomic mass is 9.89. The maximum Gasteiger partial charge on any atom is 0.330 e. The van der Waals surface area contributed by atoms with Crippen LogP contribution in [0.5, 0.6) is 0 Å². The van der Waals surface area contributed by atoms with Crippen molar-refractivity contribution in [3.63, 3.8) is 0 Å². The summed E-state index contributed by atoms with van der Waals surface area (Å²) in [4.78, 5) is 5.80. The lowest BCUT2D eigenvalue weighted by Gasteiger charge is -2.45. The van der Waals surface area contributed by atoms with E-state index in [0.29, 0.717) is 0 Å². The molecule has 2 aliphatic heterocycles. The Morgan fingerprint density at radius 1 is 0.740 bits per heavy atom. The molecule has 17 nitrogen and oxygen atoms in total. The Hall–Kier alpha value is -2.84. The van der Waals surface area contributed by atoms with E-state index in [1.54, 1.807) is 13.8 Å². The van der Waals surface area contributed by atoms with Crippen LogP contribution in [0.25, 0.3) is 20.9 Å². The number of aliphatic hydroxyl groups is 1. The molecule has 1 N–H and O–H groups in total. The van der Waals surface area contributed by atoms with Crippen molar-refractivity contribution in [2.75, 3.05) is 33.7 Å². The first kappa shape index (κ1) is 39.9. The summed E-state index contributed by atoms with van der Waals surface area (Å²) in [5.41, 5.74) is 20.5. The summed E-state index contributed by atoms with van der Waals surface area (Å²) in [6, 6.07) is 16.6. The van der Waals surface area contributed by atoms with Crippen LogP contribution in [0.3, 0.4) is 0 Å². The first-order chi connectivity index (χ1) is 23.9. The fourth-order valence-corrected chi connectivity index (χ4v) is 7.69. The summed E-state index contributed by atoms with van der Waals surface area (Å²) in [5.74, 6) is -1.42. The van der Waals surface area contributed by atoms with Crippen molar-refractivity contribution in [2.24, 2.45) is 22.1 Å². The average molecular weight is 739 g/mol. The van der Waals surface area contributed by atoms with E-state index < -0.39 is 76.1 Å². The molecular weight excluding hydrogens is 694 g/mol. The molecule has 0 spiro atoms. The molecule has 2 aliphatic rings. The highest BCUT2D eigenvalue weighted by atomic mass is 31.2. The predicted octanol–water partition coefficient (Wildman–Crippen LogP) is 6.57. The van der Waals surface area contributed by atoms with E-state index in [2.05, 4.69) is 20.1 Å². The van der Waals surface area contributed by atoms with Gasteiger partial charge >= 0.3 is 15.2 Å². The van der Waals surface area contributed by atoms with Crippen molar-refractivity contribution in [1.82, 2.24) is 0 Å². The third-order valence-electron chi connectivity index (χ3n) is 8.45. The summed E-state index contributed by atoms with van der Waals surface area (Å²) in [6.07, 6.45) is -6.80. The molecule has 2 aromatic rings. The van der Waals surface area contributed by atoms with Gasteiger partial charge in [0, 0.05) is 30.3 Å². The topological polar surface area (TPSA) is 226 Å². The van der Waals surface area contributed by atoms with Crippen LogP contribution >= 0.6 is 15.2 Å². The Bertz CT molecular complexity index is 1570. The van der Waals surface area contributed by atoms with Gasteiger partial charge in [-0.15, -0.1) is 0 Å². The van der Waals surface area contributed by atoms with Gasteiger partial charge in [0.15, 0.2) is 12.6 Å². The van der Waals surface area contributed by atoms with Crippen molar-refractivity contribution in [3.8, 4) is 0 Å². The third-order valence-corrected chi connectivity index (χ3v) is 10.9. The molecule has 12 atom stereocenters. The summed E-state index contributed by atoms with van der Waals surface area (Å²) in [6.45, 7) is 6.10. The van der Waals surface area contributed by atoms with Crippen LogP contribution in [0, 0.1) is 11.8 Å². The fraction of sp³-hybridized carbons (Fsp3) is 0.613. The highest BCUT2D eigenvalue weighted by molar-refractivity contribution is 7.53. The van der Waals surface area contributed by atoms with Crippen LogP contribution in [0.1, 0.15) is 25.0 Å². The average Bonchev–Trinajstić information content (AvgIpc) is 3.09. The van der Waals surface area contributed by atoms with E-state index in [0.717, 1.165) is 11.1 Å². The molecule has 0 aliphatic carbocycles. The van der Waals surface area contributed by atoms with Crippen molar-refractivity contribution in [2.45, 2.75) is 76.1 Å². The monoisotopic (exact) mass is 738 g/mol. The number of aliphatic hydroxyl groups excluding tert-OH is 1. The van der Waals surface area contributed by atoms with Crippen LogP contribution in [0.15, 0.2) is 70.9 Å². The van der Waals surface area contributed by atoms with Gasteiger partial charge in [0.05, 0.1) is 50.7 Å². The predicted molar refractivity (Wildman–Crippen MR) is 181 cm³/mol. The van der Waals surface area contributed by atoms with Crippen LogP contribution in [-0.4, -0.2) is 87.8 Å². The molecule has 2 saturated heterocycles. The van der Waals surface area contributed by atoms with E-state index in [4.69, 9.17) is 37.0 Å². The zero-order valence-corrected chi connectivity index (χ0v) is 30.3. The Morgan fingerprint density at radius 2 is 1.20 bits per heavy atom. The number of rotatable bonds is 17. The minimum Gasteiger partial charge on any atom is -0.390 e. The van der Waals surface area contributed by atoms with Crippen molar-refractivity contribution >= 4 is 15.2 Å². The number of benzene rings is 2. The van der Waals surface area contributed by atoms with Gasteiger partial charge in [-0.25, -0.2) is 0 Å². The first-order valence-corrected chi connectivity index (χ1v) is 19.9. The largest absolute Gasteiger partial charge is 0.390 e. The second-order valence-electron chi connectivity index (χ2n) is 12.2. The maximum atomic E-state index is 14.2. The number of hydrogen-bond acceptors (Lipinski definition) is 13. The first-order valence-electron chi connectivity index (χ1n) is 15.9. The number of azide groups is 2. The second kappa shape index (κ2) is 18.6. The molecule has 6 unspecified atom stereocenters. The second-order valence-corrected chi connectivity index (χ2v) is 16.3. The van der Waals surface area contributed by atoms with Crippen LogP contribution in [0.2, 0.25) is 0 Å². The van der Waals surface area contributed by atoms with Crippen LogP contribution in [0.4, 0.5) is 0 Å². The zero-order valence-electron chi connectivity index (χ0n) is 28.5. The molecule has 50 heavy (non-hydrogen) atoms. The molecule has 2 fully saturated rings. The van der Waals surface area contributed by atoms with Crippen LogP contribution in [-0.2, 0) is 59.4 Å². The van der Waals surface area contributed by atoms with Crippen molar-refractivity contribution in [1.29, 1.82) is 0 Å². The quantitative estimate of drug-likeness (QED) is 0.0790. The van der Waals surface area contributed by atoms with E-state index in [1.165, 1.54) is 20.4 Å². The van der Waals surface area contributed by atoms with E-state index in [1.807, 2.05) is 60.7 Å². The summed E-state index contributed by atoms with van der Waals surface area (Å²) in [7, 11) is -6.55. The number of nitrogens with zero attached hydrogens (tertiary/aromatic N) is 6. The maximum absolute atomic E-state index is 14.2. The van der Waals surface area contributed by atoms with Crippen molar-refractivity contribution in [3.05, 3.63) is 92.7 Å². The van der Waals surface area contributed by atoms with Gasteiger partial charge in [0.25, 0.3) is 0 Å². The molecule has 0 amide bonds. The minimum atomic E-state index is -4.14. The van der Waals surface area contributed by atoms with Gasteiger partial charge < -0.3 is 33.1 Å².